The maximum absolute atomic E-state index is 12.5. The van der Waals surface area contributed by atoms with Gasteiger partial charge in [-0.05, 0) is 25.5 Å². The lowest BCUT2D eigenvalue weighted by Crippen LogP contribution is -2.32. The van der Waals surface area contributed by atoms with Gasteiger partial charge in [-0.2, -0.15) is 10.4 Å². The van der Waals surface area contributed by atoms with Crippen LogP contribution in [0.5, 0.6) is 0 Å². The van der Waals surface area contributed by atoms with E-state index in [1.54, 1.807) is 10.9 Å². The molecule has 21 heavy (non-hydrogen) atoms. The van der Waals surface area contributed by atoms with E-state index in [-0.39, 0.29) is 12.5 Å². The zero-order valence-corrected chi connectivity index (χ0v) is 12.2. The Kier molecular flexibility index (Phi) is 4.67. The fourth-order valence-corrected chi connectivity index (χ4v) is 2.11. The molecule has 0 aromatic carbocycles. The Balaban J connectivity index is 2.32. The molecule has 0 aliphatic carbocycles. The molecule has 0 aliphatic heterocycles. The van der Waals surface area contributed by atoms with E-state index in [1.807, 2.05) is 38.1 Å². The van der Waals surface area contributed by atoms with E-state index in [0.717, 1.165) is 12.1 Å². The monoisotopic (exact) mass is 283 g/mol. The largest absolute Gasteiger partial charge is 0.325 e. The predicted molar refractivity (Wildman–Crippen MR) is 77.9 cm³/mol. The third-order valence-electron chi connectivity index (χ3n) is 3.15. The molecule has 0 saturated carbocycles. The first-order valence-corrected chi connectivity index (χ1v) is 6.81. The molecule has 0 unspecified atom stereocenters. The lowest BCUT2D eigenvalue weighted by molar-refractivity contribution is 0.0775. The Labute approximate surface area is 123 Å². The third kappa shape index (κ3) is 3.08. The lowest BCUT2D eigenvalue weighted by Gasteiger charge is -2.18. The van der Waals surface area contributed by atoms with Crippen LogP contribution in [0.15, 0.2) is 30.6 Å². The first-order valence-electron chi connectivity index (χ1n) is 6.81. The molecular weight excluding hydrogens is 266 g/mol. The normalized spacial score (nSPS) is 10.1. The van der Waals surface area contributed by atoms with Crippen LogP contribution in [0.2, 0.25) is 0 Å². The van der Waals surface area contributed by atoms with Crippen LogP contribution in [0.4, 0.5) is 0 Å². The second-order valence-electron chi connectivity index (χ2n) is 4.63. The van der Waals surface area contributed by atoms with Crippen molar-refractivity contribution >= 4 is 5.91 Å². The number of aromatic nitrogens is 3. The Morgan fingerprint density at radius 1 is 1.48 bits per heavy atom. The molecule has 2 aromatic rings. The standard InChI is InChI=1S/C15H17N5O/c1-3-9-19(10-7-16)15(21)13-11-18-20(12(13)2)14-6-4-5-8-17-14/h4-6,8,11H,3,9-10H2,1-2H3. The minimum atomic E-state index is -0.168. The van der Waals surface area contributed by atoms with Gasteiger partial charge < -0.3 is 4.90 Å². The van der Waals surface area contributed by atoms with Crippen molar-refractivity contribution in [2.75, 3.05) is 13.1 Å². The molecular formula is C15H17N5O. The summed E-state index contributed by atoms with van der Waals surface area (Å²) in [5, 5.41) is 13.1. The van der Waals surface area contributed by atoms with Gasteiger partial charge in [-0.15, -0.1) is 0 Å². The summed E-state index contributed by atoms with van der Waals surface area (Å²) in [4.78, 5) is 18.2. The topological polar surface area (TPSA) is 74.8 Å². The fraction of sp³-hybridized carbons (Fsp3) is 0.333. The van der Waals surface area contributed by atoms with E-state index in [9.17, 15) is 4.79 Å². The summed E-state index contributed by atoms with van der Waals surface area (Å²) in [6, 6.07) is 7.54. The number of rotatable bonds is 5. The summed E-state index contributed by atoms with van der Waals surface area (Å²) in [5.41, 5.74) is 1.22. The molecule has 0 spiro atoms. The number of hydrogen-bond donors (Lipinski definition) is 0. The average molecular weight is 283 g/mol. The fourth-order valence-electron chi connectivity index (χ4n) is 2.11. The van der Waals surface area contributed by atoms with Crippen molar-refractivity contribution in [3.05, 3.63) is 41.9 Å². The molecule has 2 rings (SSSR count). The van der Waals surface area contributed by atoms with Gasteiger partial charge in [-0.3, -0.25) is 4.79 Å². The molecule has 0 radical (unpaired) electrons. The van der Waals surface area contributed by atoms with E-state index in [0.29, 0.717) is 17.9 Å². The van der Waals surface area contributed by atoms with Crippen LogP contribution < -0.4 is 0 Å². The van der Waals surface area contributed by atoms with Gasteiger partial charge in [0.15, 0.2) is 5.82 Å². The molecule has 0 atom stereocenters. The molecule has 0 N–H and O–H groups in total. The quantitative estimate of drug-likeness (QED) is 0.786. The summed E-state index contributed by atoms with van der Waals surface area (Å²) >= 11 is 0. The molecule has 2 heterocycles. The molecule has 2 aromatic heterocycles. The Morgan fingerprint density at radius 3 is 2.90 bits per heavy atom. The van der Waals surface area contributed by atoms with Crippen molar-refractivity contribution in [3.63, 3.8) is 0 Å². The molecule has 6 heteroatoms. The van der Waals surface area contributed by atoms with E-state index >= 15 is 0 Å². The number of carbonyl (C=O) groups is 1. The van der Waals surface area contributed by atoms with E-state index in [1.165, 1.54) is 11.1 Å². The molecule has 0 saturated heterocycles. The highest BCUT2D eigenvalue weighted by atomic mass is 16.2. The smallest absolute Gasteiger partial charge is 0.258 e. The Bertz CT molecular complexity index is 656. The van der Waals surface area contributed by atoms with E-state index in [2.05, 4.69) is 10.1 Å². The minimum Gasteiger partial charge on any atom is -0.325 e. The van der Waals surface area contributed by atoms with E-state index in [4.69, 9.17) is 5.26 Å². The minimum absolute atomic E-state index is 0.0842. The van der Waals surface area contributed by atoms with Crippen LogP contribution >= 0.6 is 0 Å². The van der Waals surface area contributed by atoms with Crippen LogP contribution in [0.3, 0.4) is 0 Å². The van der Waals surface area contributed by atoms with Crippen molar-refractivity contribution in [2.45, 2.75) is 20.3 Å². The van der Waals surface area contributed by atoms with Crippen molar-refractivity contribution < 1.29 is 4.79 Å². The molecule has 108 valence electrons. The lowest BCUT2D eigenvalue weighted by atomic mass is 10.2. The second-order valence-corrected chi connectivity index (χ2v) is 4.63. The van der Waals surface area contributed by atoms with Gasteiger partial charge in [0.25, 0.3) is 5.91 Å². The third-order valence-corrected chi connectivity index (χ3v) is 3.15. The van der Waals surface area contributed by atoms with Gasteiger partial charge in [-0.1, -0.05) is 13.0 Å². The molecule has 0 fully saturated rings. The number of nitrogens with zero attached hydrogens (tertiary/aromatic N) is 5. The molecule has 6 nitrogen and oxygen atoms in total. The number of pyridine rings is 1. The van der Waals surface area contributed by atoms with Gasteiger partial charge in [0, 0.05) is 12.7 Å². The maximum atomic E-state index is 12.5. The van der Waals surface area contributed by atoms with Crippen molar-refractivity contribution in [2.24, 2.45) is 0 Å². The number of carbonyl (C=O) groups excluding carboxylic acids is 1. The van der Waals surface area contributed by atoms with Gasteiger partial charge in [-0.25, -0.2) is 9.67 Å². The van der Waals surface area contributed by atoms with Crippen LogP contribution in [0.25, 0.3) is 5.82 Å². The highest BCUT2D eigenvalue weighted by Crippen LogP contribution is 2.14. The summed E-state index contributed by atoms with van der Waals surface area (Å²) < 4.78 is 1.63. The van der Waals surface area contributed by atoms with Crippen molar-refractivity contribution in [3.8, 4) is 11.9 Å². The first kappa shape index (κ1) is 14.7. The highest BCUT2D eigenvalue weighted by Gasteiger charge is 2.20. The van der Waals surface area contributed by atoms with Gasteiger partial charge in [0.05, 0.1) is 23.5 Å². The number of amides is 1. The van der Waals surface area contributed by atoms with Crippen LogP contribution in [-0.2, 0) is 0 Å². The number of hydrogen-bond acceptors (Lipinski definition) is 4. The predicted octanol–water partition coefficient (Wildman–Crippen LogP) is 1.95. The summed E-state index contributed by atoms with van der Waals surface area (Å²) in [6.07, 6.45) is 4.02. The second kappa shape index (κ2) is 6.66. The highest BCUT2D eigenvalue weighted by molar-refractivity contribution is 5.95. The van der Waals surface area contributed by atoms with Gasteiger partial charge in [0.1, 0.15) is 6.54 Å². The molecule has 0 bridgehead atoms. The van der Waals surface area contributed by atoms with Crippen LogP contribution in [0.1, 0.15) is 29.4 Å². The molecule has 0 aliphatic rings. The van der Waals surface area contributed by atoms with Crippen LogP contribution in [0, 0.1) is 18.3 Å². The van der Waals surface area contributed by atoms with Gasteiger partial charge >= 0.3 is 0 Å². The average Bonchev–Trinajstić information content (AvgIpc) is 2.89. The first-order chi connectivity index (χ1) is 10.2. The SMILES string of the molecule is CCCN(CC#N)C(=O)c1cnn(-c2ccccn2)c1C. The van der Waals surface area contributed by atoms with Gasteiger partial charge in [0.2, 0.25) is 0 Å². The molecule has 1 amide bonds. The Hall–Kier alpha value is -2.68. The summed E-state index contributed by atoms with van der Waals surface area (Å²) in [5.74, 6) is 0.495. The zero-order valence-electron chi connectivity index (χ0n) is 12.2. The summed E-state index contributed by atoms with van der Waals surface area (Å²) in [7, 11) is 0. The van der Waals surface area contributed by atoms with Crippen molar-refractivity contribution in [1.82, 2.24) is 19.7 Å². The van der Waals surface area contributed by atoms with Crippen molar-refractivity contribution in [1.29, 1.82) is 5.26 Å². The maximum Gasteiger partial charge on any atom is 0.258 e. The van der Waals surface area contributed by atoms with Crippen LogP contribution in [-0.4, -0.2) is 38.7 Å². The van der Waals surface area contributed by atoms with E-state index < -0.39 is 0 Å². The summed E-state index contributed by atoms with van der Waals surface area (Å²) in [6.45, 7) is 4.44. The zero-order chi connectivity index (χ0) is 15.2. The Morgan fingerprint density at radius 2 is 2.29 bits per heavy atom. The number of nitriles is 1.